The molecule has 0 aliphatic rings. The molecule has 0 heterocycles. The third kappa shape index (κ3) is 4.69. The van der Waals surface area contributed by atoms with Crippen LogP contribution in [0.1, 0.15) is 6.93 Å². The molecule has 0 nitrogen and oxygen atoms in total. The Kier molecular flexibility index (Phi) is 3.21. The second-order valence-electron chi connectivity index (χ2n) is 4.17. The van der Waals surface area contributed by atoms with Crippen molar-refractivity contribution in [2.45, 2.75) is 19.6 Å². The molecule has 1 rings (SSSR count). The monoisotopic (exact) mass is 201 g/mol. The van der Waals surface area contributed by atoms with Crippen LogP contribution in [0.5, 0.6) is 0 Å². The summed E-state index contributed by atoms with van der Waals surface area (Å²) in [6, 6.07) is 10.2. The molecule has 0 saturated carbocycles. The summed E-state index contributed by atoms with van der Waals surface area (Å²) < 4.78 is 7.79. The van der Waals surface area contributed by atoms with Gasteiger partial charge < -0.3 is 0 Å². The fourth-order valence-electron chi connectivity index (χ4n) is 0.906. The molecule has 0 bridgehead atoms. The van der Waals surface area contributed by atoms with Crippen LogP contribution in [0.4, 0.5) is 0 Å². The normalized spacial score (nSPS) is 12.8. The van der Waals surface area contributed by atoms with E-state index in [0.29, 0.717) is 6.05 Å². The molecular formula is C13H16Si. The van der Waals surface area contributed by atoms with E-state index in [-0.39, 0.29) is 0 Å². The smallest absolute Gasteiger partial charge is 0.127 e. The molecule has 0 amide bonds. The first-order chi connectivity index (χ1) is 6.99. The average Bonchev–Trinajstić information content (AvgIpc) is 2.17. The molecule has 0 aliphatic carbocycles. The molecule has 0 radical (unpaired) electrons. The summed E-state index contributed by atoms with van der Waals surface area (Å²) >= 11 is 0. The second-order valence-corrected chi connectivity index (χ2v) is 8.92. The zero-order valence-corrected chi connectivity index (χ0v) is 9.96. The van der Waals surface area contributed by atoms with E-state index in [9.17, 15) is 0 Å². The van der Waals surface area contributed by atoms with Gasteiger partial charge in [-0.2, -0.15) is 0 Å². The van der Waals surface area contributed by atoms with Gasteiger partial charge in [0.15, 0.2) is 0 Å². The van der Waals surface area contributed by atoms with E-state index in [2.05, 4.69) is 31.1 Å². The summed E-state index contributed by atoms with van der Waals surface area (Å²) in [6.45, 7) is 6.58. The van der Waals surface area contributed by atoms with Gasteiger partial charge >= 0.3 is 0 Å². The molecule has 0 aliphatic heterocycles. The van der Waals surface area contributed by atoms with Gasteiger partial charge in [-0.15, -0.1) is 5.54 Å². The van der Waals surface area contributed by atoms with Gasteiger partial charge in [0.05, 0.1) is 1.37 Å². The lowest BCUT2D eigenvalue weighted by atomic mass is 10.2. The third-order valence-corrected chi connectivity index (χ3v) is 2.43. The zero-order valence-electron chi connectivity index (χ0n) is 9.96. The van der Waals surface area contributed by atoms with Gasteiger partial charge in [-0.05, 0) is 17.7 Å². The topological polar surface area (TPSA) is 0 Å². The summed E-state index contributed by atoms with van der Waals surface area (Å²) in [6.07, 6.45) is 1.69. The van der Waals surface area contributed by atoms with Crippen molar-refractivity contribution in [2.24, 2.45) is 0 Å². The first-order valence-corrected chi connectivity index (χ1v) is 8.24. The van der Waals surface area contributed by atoms with Gasteiger partial charge in [-0.1, -0.05) is 55.9 Å². The summed E-state index contributed by atoms with van der Waals surface area (Å²) in [7, 11) is -1.31. The molecular weight excluding hydrogens is 184 g/mol. The van der Waals surface area contributed by atoms with E-state index in [1.165, 1.54) is 0 Å². The Morgan fingerprint density at radius 2 is 1.86 bits per heavy atom. The molecule has 0 spiro atoms. The van der Waals surface area contributed by atoms with Crippen LogP contribution in [0.3, 0.4) is 0 Å². The van der Waals surface area contributed by atoms with Gasteiger partial charge in [0.2, 0.25) is 0 Å². The average molecular weight is 201 g/mol. The first kappa shape index (κ1) is 9.30. The lowest BCUT2D eigenvalue weighted by molar-refractivity contribution is 1.66. The number of hydrogen-bond donors (Lipinski definition) is 0. The Labute approximate surface area is 89.1 Å². The van der Waals surface area contributed by atoms with Crippen molar-refractivity contribution >= 4 is 14.1 Å². The molecule has 0 atom stereocenters. The molecule has 1 aromatic rings. The van der Waals surface area contributed by atoms with Gasteiger partial charge in [0.25, 0.3) is 0 Å². The molecule has 0 fully saturated rings. The van der Waals surface area contributed by atoms with E-state index >= 15 is 0 Å². The van der Waals surface area contributed by atoms with Gasteiger partial charge in [-0.25, -0.2) is 0 Å². The van der Waals surface area contributed by atoms with Crippen LogP contribution >= 0.6 is 0 Å². The number of allylic oxidation sites excluding steroid dienone is 1. The highest BCUT2D eigenvalue weighted by molar-refractivity contribution is 6.83. The van der Waals surface area contributed by atoms with E-state index < -0.39 is 8.07 Å². The third-order valence-electron chi connectivity index (χ3n) is 1.53. The minimum Gasteiger partial charge on any atom is -0.127 e. The van der Waals surface area contributed by atoms with Crippen molar-refractivity contribution in [3.05, 3.63) is 42.0 Å². The maximum absolute atomic E-state index is 7.79. The predicted molar refractivity (Wildman–Crippen MR) is 66.6 cm³/mol. The minimum atomic E-state index is -1.31. The molecule has 0 unspecified atom stereocenters. The van der Waals surface area contributed by atoms with Crippen molar-refractivity contribution in [3.8, 4) is 11.5 Å². The van der Waals surface area contributed by atoms with Crippen molar-refractivity contribution in [2.75, 3.05) is 0 Å². The van der Waals surface area contributed by atoms with E-state index in [4.69, 9.17) is 1.37 Å². The van der Waals surface area contributed by atoms with Gasteiger partial charge in [0.1, 0.15) is 8.07 Å². The maximum Gasteiger partial charge on any atom is 0.129 e. The molecule has 1 heteroatoms. The quantitative estimate of drug-likeness (QED) is 0.481. The molecule has 72 valence electrons. The van der Waals surface area contributed by atoms with Crippen LogP contribution in [0.25, 0.3) is 6.05 Å². The van der Waals surface area contributed by atoms with E-state index in [1.54, 1.807) is 6.08 Å². The highest BCUT2D eigenvalue weighted by atomic mass is 28.3. The standard InChI is InChI=1S/C13H16Si/c1-14(2,3)12-8-7-11-13-9-5-4-6-10-13/h4-7,9-11H,1-3H3/b11-7-/i11D. The lowest BCUT2D eigenvalue weighted by Crippen LogP contribution is -2.16. The van der Waals surface area contributed by atoms with Crippen molar-refractivity contribution in [3.63, 3.8) is 0 Å². The Morgan fingerprint density at radius 3 is 2.43 bits per heavy atom. The summed E-state index contributed by atoms with van der Waals surface area (Å²) in [5, 5.41) is 0. The van der Waals surface area contributed by atoms with Crippen LogP contribution < -0.4 is 0 Å². The summed E-state index contributed by atoms with van der Waals surface area (Å²) in [4.78, 5) is 0. The Hall–Kier alpha value is -1.26. The Bertz CT molecular complexity index is 402. The zero-order chi connectivity index (χ0) is 11.3. The number of rotatable bonds is 1. The van der Waals surface area contributed by atoms with Crippen LogP contribution in [0, 0.1) is 11.5 Å². The molecule has 0 saturated heterocycles. The largest absolute Gasteiger partial charge is 0.129 e. The van der Waals surface area contributed by atoms with Crippen LogP contribution in [-0.4, -0.2) is 8.07 Å². The Balaban J connectivity index is 2.81. The van der Waals surface area contributed by atoms with Crippen molar-refractivity contribution in [1.29, 1.82) is 0 Å². The van der Waals surface area contributed by atoms with Gasteiger partial charge in [0, 0.05) is 0 Å². The van der Waals surface area contributed by atoms with Crippen LogP contribution in [-0.2, 0) is 0 Å². The summed E-state index contributed by atoms with van der Waals surface area (Å²) in [5.74, 6) is 2.99. The van der Waals surface area contributed by atoms with E-state index in [0.717, 1.165) is 5.56 Å². The fourth-order valence-corrected chi connectivity index (χ4v) is 1.41. The van der Waals surface area contributed by atoms with E-state index in [1.807, 2.05) is 30.3 Å². The van der Waals surface area contributed by atoms with Crippen molar-refractivity contribution in [1.82, 2.24) is 0 Å². The predicted octanol–water partition coefficient (Wildman–Crippen LogP) is 3.58. The second kappa shape index (κ2) is 4.83. The maximum atomic E-state index is 7.79. The first-order valence-electron chi connectivity index (χ1n) is 5.24. The number of hydrogen-bond acceptors (Lipinski definition) is 0. The highest BCUT2D eigenvalue weighted by Crippen LogP contribution is 2.00. The van der Waals surface area contributed by atoms with Crippen LogP contribution in [0.2, 0.25) is 19.6 Å². The SMILES string of the molecule is [2H]/C(=C/C#C[Si](C)(C)C)c1ccccc1. The summed E-state index contributed by atoms with van der Waals surface area (Å²) in [5.41, 5.74) is 4.13. The minimum absolute atomic E-state index is 0.487. The number of benzene rings is 1. The highest BCUT2D eigenvalue weighted by Gasteiger charge is 2.06. The fraction of sp³-hybridized carbons (Fsp3) is 0.231. The molecule has 0 aromatic heterocycles. The van der Waals surface area contributed by atoms with Crippen LogP contribution in [0.15, 0.2) is 36.4 Å². The molecule has 1 aromatic carbocycles. The Morgan fingerprint density at radius 1 is 1.21 bits per heavy atom. The lowest BCUT2D eigenvalue weighted by Gasteiger charge is -2.02. The van der Waals surface area contributed by atoms with Gasteiger partial charge in [-0.3, -0.25) is 0 Å². The molecule has 0 N–H and O–H groups in total. The van der Waals surface area contributed by atoms with Crippen molar-refractivity contribution < 1.29 is 1.37 Å². The molecule has 14 heavy (non-hydrogen) atoms.